The molecule has 19 heteroatoms. The van der Waals surface area contributed by atoms with Crippen molar-refractivity contribution in [3.8, 4) is 0 Å². The Balaban J connectivity index is 1.87. The number of hydrogen-bond donors (Lipinski definition) is 1. The Kier molecular flexibility index (Phi) is 10.7. The lowest BCUT2D eigenvalue weighted by molar-refractivity contribution is -0.0546. The second-order valence-corrected chi connectivity index (χ2v) is 23.2. The number of nitrogens with zero attached hydrogens (tertiary/aromatic N) is 8. The molecule has 0 unspecified atom stereocenters. The minimum absolute atomic E-state index is 0.0121. The van der Waals surface area contributed by atoms with Gasteiger partial charge in [0.1, 0.15) is 24.0 Å². The molecular weight excluding hydrogens is 668 g/mol. The first-order valence-electron chi connectivity index (χ1n) is 15.7. The maximum absolute atomic E-state index is 13.0. The zero-order chi connectivity index (χ0) is 35.2. The number of halogens is 1. The summed E-state index contributed by atoms with van der Waals surface area (Å²) >= 11 is 6.30. The van der Waals surface area contributed by atoms with Gasteiger partial charge in [0.25, 0.3) is 0 Å². The Morgan fingerprint density at radius 1 is 1.11 bits per heavy atom. The van der Waals surface area contributed by atoms with Crippen molar-refractivity contribution in [3.63, 3.8) is 0 Å². The number of carbonyl (C=O) groups excluding carboxylic acids is 1. The van der Waals surface area contributed by atoms with Gasteiger partial charge in [0.2, 0.25) is 5.28 Å². The molecule has 2 aliphatic rings. The van der Waals surface area contributed by atoms with E-state index in [1.54, 1.807) is 20.8 Å². The highest BCUT2D eigenvalue weighted by molar-refractivity contribution is 6.84. The summed E-state index contributed by atoms with van der Waals surface area (Å²) in [6.07, 6.45) is -3.97. The number of hydrogen-bond acceptors (Lipinski definition) is 11. The van der Waals surface area contributed by atoms with Gasteiger partial charge < -0.3 is 27.5 Å². The number of aromatic nitrogens is 4. The molecule has 2 fully saturated rings. The van der Waals surface area contributed by atoms with E-state index in [0.29, 0.717) is 4.90 Å². The molecule has 47 heavy (non-hydrogen) atoms. The molecule has 260 valence electrons. The van der Waals surface area contributed by atoms with Gasteiger partial charge in [0.05, 0.1) is 19.0 Å². The Bertz CT molecular complexity index is 1530. The number of carbonyl (C=O) groups is 2. The summed E-state index contributed by atoms with van der Waals surface area (Å²) in [4.78, 5) is 41.4. The largest absolute Gasteiger partial charge is 0.464 e. The normalized spacial score (nSPS) is 24.3. The zero-order valence-corrected chi connectivity index (χ0v) is 31.4. The highest BCUT2D eigenvalue weighted by atomic mass is 35.5. The second-order valence-electron chi connectivity index (χ2n) is 14.1. The predicted octanol–water partition coefficient (Wildman–Crippen LogP) is 7.43. The van der Waals surface area contributed by atoms with E-state index >= 15 is 0 Å². The molecule has 2 aromatic heterocycles. The van der Waals surface area contributed by atoms with Crippen LogP contribution >= 0.6 is 11.6 Å². The quantitative estimate of drug-likeness (QED) is 0.0985. The molecule has 0 saturated carbocycles. The third kappa shape index (κ3) is 6.87. The molecule has 2 amide bonds. The molecule has 2 saturated heterocycles. The summed E-state index contributed by atoms with van der Waals surface area (Å²) in [5.41, 5.74) is 8.93. The molecule has 0 aromatic carbocycles. The summed E-state index contributed by atoms with van der Waals surface area (Å²) in [5, 5.41) is 13.8. The van der Waals surface area contributed by atoms with Gasteiger partial charge in [-0.25, -0.2) is 14.6 Å². The Morgan fingerprint density at radius 3 is 2.21 bits per heavy atom. The summed E-state index contributed by atoms with van der Waals surface area (Å²) in [6, 6.07) is -0.940. The van der Waals surface area contributed by atoms with Gasteiger partial charge in [-0.05, 0) is 60.1 Å². The van der Waals surface area contributed by atoms with Crippen molar-refractivity contribution in [2.24, 2.45) is 5.11 Å². The van der Waals surface area contributed by atoms with Crippen LogP contribution < -0.4 is 4.90 Å². The fraction of sp³-hybridized carbons (Fsp3) is 0.750. The van der Waals surface area contributed by atoms with E-state index < -0.39 is 65.2 Å². The van der Waals surface area contributed by atoms with Crippen molar-refractivity contribution in [1.29, 1.82) is 0 Å². The van der Waals surface area contributed by atoms with Crippen LogP contribution in [0.2, 0.25) is 27.4 Å². The zero-order valence-electron chi connectivity index (χ0n) is 28.7. The van der Waals surface area contributed by atoms with Gasteiger partial charge in [-0.1, -0.05) is 60.5 Å². The monoisotopic (exact) mass is 712 g/mol. The highest BCUT2D eigenvalue weighted by Gasteiger charge is 2.62. The number of carboxylic acid groups (broad SMARTS) is 1. The molecule has 2 aliphatic heterocycles. The van der Waals surface area contributed by atoms with Crippen molar-refractivity contribution in [1.82, 2.24) is 19.5 Å². The van der Waals surface area contributed by atoms with E-state index in [2.05, 4.69) is 80.4 Å². The number of rotatable bonds is 7. The van der Waals surface area contributed by atoms with E-state index in [1.165, 1.54) is 10.9 Å². The second kappa shape index (κ2) is 13.6. The summed E-state index contributed by atoms with van der Waals surface area (Å²) < 4.78 is 34.6. The lowest BCUT2D eigenvalue weighted by Gasteiger charge is -2.51. The van der Waals surface area contributed by atoms with Crippen LogP contribution in [-0.2, 0) is 22.4 Å². The maximum Gasteiger partial charge on any atom is 0.425 e. The fourth-order valence-electron chi connectivity index (χ4n) is 6.33. The fourth-order valence-corrected chi connectivity index (χ4v) is 17.7. The van der Waals surface area contributed by atoms with Gasteiger partial charge >= 0.3 is 29.3 Å². The number of anilines is 1. The van der Waals surface area contributed by atoms with Crippen LogP contribution in [0.3, 0.4) is 0 Å². The molecule has 1 N–H and O–H groups in total. The van der Waals surface area contributed by atoms with E-state index in [9.17, 15) is 20.2 Å². The van der Waals surface area contributed by atoms with Gasteiger partial charge in [-0.2, -0.15) is 14.9 Å². The average Bonchev–Trinajstić information content (AvgIpc) is 3.48. The van der Waals surface area contributed by atoms with Crippen LogP contribution in [-0.4, -0.2) is 84.4 Å². The predicted molar refractivity (Wildman–Crippen MR) is 178 cm³/mol. The number of imide groups is 1. The Labute approximate surface area is 281 Å². The number of ether oxygens (including phenoxy) is 2. The molecule has 16 nitrogen and oxygen atoms in total. The molecule has 4 atom stereocenters. The lowest BCUT2D eigenvalue weighted by Crippen LogP contribution is -2.65. The number of amides is 2. The average molecular weight is 713 g/mol. The maximum atomic E-state index is 13.0. The standard InChI is InChI=1S/C28H45ClN8O8Si2/c1-14(2)46(15(3)4)41-12-18-21(44-47(45-46,16(5)6)17(7)8)19(34-35-30)24(42-18)36-13-31-20-22(36)32-25(29)33-23(20)37(26(38)39)27(40)43-28(9,10)11/h13-19,21,24H,12H2,1-11H3,(H,38,39)/t18-,19-,21-,24-/m1/s1. The smallest absolute Gasteiger partial charge is 0.425 e. The molecule has 0 radical (unpaired) electrons. The molecule has 0 bridgehead atoms. The Morgan fingerprint density at radius 2 is 1.70 bits per heavy atom. The van der Waals surface area contributed by atoms with Crippen molar-refractivity contribution in [2.75, 3.05) is 11.5 Å². The van der Waals surface area contributed by atoms with Crippen LogP contribution in [0.25, 0.3) is 21.6 Å². The minimum Gasteiger partial charge on any atom is -0.464 e. The van der Waals surface area contributed by atoms with Crippen LogP contribution in [0.15, 0.2) is 11.4 Å². The van der Waals surface area contributed by atoms with Crippen molar-refractivity contribution in [2.45, 2.75) is 128 Å². The Hall–Kier alpha value is -2.84. The van der Waals surface area contributed by atoms with Crippen molar-refractivity contribution in [3.05, 3.63) is 22.1 Å². The third-order valence-corrected chi connectivity index (χ3v) is 18.9. The lowest BCUT2D eigenvalue weighted by atomic mass is 10.1. The minimum atomic E-state index is -3.11. The van der Waals surface area contributed by atoms with Gasteiger partial charge in [-0.3, -0.25) is 4.57 Å². The first kappa shape index (κ1) is 37.0. The molecule has 0 aliphatic carbocycles. The number of imidazole rings is 1. The van der Waals surface area contributed by atoms with Crippen LogP contribution in [0, 0.1) is 0 Å². The van der Waals surface area contributed by atoms with Crippen LogP contribution in [0.5, 0.6) is 0 Å². The molecule has 2 aromatic rings. The number of azide groups is 1. The van der Waals surface area contributed by atoms with Crippen molar-refractivity contribution >= 4 is 57.9 Å². The molecule has 4 rings (SSSR count). The summed E-state index contributed by atoms with van der Waals surface area (Å²) in [7, 11) is -5.99. The first-order valence-corrected chi connectivity index (χ1v) is 20.0. The molecular formula is C28H45ClN8O8Si2. The van der Waals surface area contributed by atoms with Gasteiger partial charge in [-0.15, -0.1) is 0 Å². The van der Waals surface area contributed by atoms with E-state index in [1.807, 2.05) is 0 Å². The highest BCUT2D eigenvalue weighted by Crippen LogP contribution is 2.49. The SMILES string of the molecule is CC(C)[Si]1(C(C)C)OC[C@H]2O[C@@H](n3cnc4c(N(C(=O)O)C(=O)OC(C)(C)C)nc(Cl)nc43)[C@H](N=[N+]=[N-])[C@@H]2O[Si](C(C)C)(C(C)C)O1. The van der Waals surface area contributed by atoms with E-state index in [0.717, 1.165) is 0 Å². The van der Waals surface area contributed by atoms with Crippen LogP contribution in [0.1, 0.15) is 82.4 Å². The number of fused-ring (bicyclic) bond motifs is 2. The van der Waals surface area contributed by atoms with E-state index in [-0.39, 0.29) is 45.2 Å². The van der Waals surface area contributed by atoms with Gasteiger partial charge in [0, 0.05) is 4.91 Å². The first-order chi connectivity index (χ1) is 21.8. The van der Waals surface area contributed by atoms with E-state index in [4.69, 9.17) is 34.0 Å². The molecule has 0 spiro atoms. The molecule has 4 heterocycles. The van der Waals surface area contributed by atoms with Crippen molar-refractivity contribution < 1.29 is 37.1 Å². The topological polar surface area (TPSA) is 196 Å². The van der Waals surface area contributed by atoms with Crippen LogP contribution in [0.4, 0.5) is 15.4 Å². The summed E-state index contributed by atoms with van der Waals surface area (Å²) in [5.74, 6) is -0.409. The van der Waals surface area contributed by atoms with Gasteiger partial charge in [0.15, 0.2) is 17.0 Å². The summed E-state index contributed by atoms with van der Waals surface area (Å²) in [6.45, 7) is 21.7. The third-order valence-electron chi connectivity index (χ3n) is 8.45.